The van der Waals surface area contributed by atoms with Crippen LogP contribution in [0.4, 0.5) is 4.39 Å². The number of ether oxygens (including phenoxy) is 1. The maximum absolute atomic E-state index is 13.6. The molecule has 34 heavy (non-hydrogen) atoms. The number of nitrogens with zero attached hydrogens (tertiary/aromatic N) is 2. The zero-order valence-corrected chi connectivity index (χ0v) is 18.6. The molecule has 0 N–H and O–H groups in total. The molecule has 0 bridgehead atoms. The van der Waals surface area contributed by atoms with Crippen LogP contribution < -0.4 is 0 Å². The predicted octanol–water partition coefficient (Wildman–Crippen LogP) is 3.25. The number of halogens is 1. The third-order valence-electron chi connectivity index (χ3n) is 6.55. The van der Waals surface area contributed by atoms with Crippen molar-refractivity contribution in [1.29, 1.82) is 0 Å². The van der Waals surface area contributed by atoms with Gasteiger partial charge in [-0.2, -0.15) is 0 Å². The summed E-state index contributed by atoms with van der Waals surface area (Å²) in [5, 5.41) is 0.739. The molecule has 2 saturated heterocycles. The van der Waals surface area contributed by atoms with Crippen LogP contribution in [0.1, 0.15) is 28.6 Å². The van der Waals surface area contributed by atoms with E-state index in [1.54, 1.807) is 18.2 Å². The first-order valence-corrected chi connectivity index (χ1v) is 11.5. The molecule has 7 nitrogen and oxygen atoms in total. The summed E-state index contributed by atoms with van der Waals surface area (Å²) >= 11 is 0. The van der Waals surface area contributed by atoms with Crippen molar-refractivity contribution >= 4 is 28.4 Å². The maximum atomic E-state index is 13.6. The van der Waals surface area contributed by atoms with E-state index in [9.17, 15) is 18.8 Å². The Morgan fingerprint density at radius 2 is 1.74 bits per heavy atom. The lowest BCUT2D eigenvalue weighted by Gasteiger charge is -2.30. The van der Waals surface area contributed by atoms with Gasteiger partial charge in [0.25, 0.3) is 5.91 Å². The molecule has 2 atom stereocenters. The molecule has 2 unspecified atom stereocenters. The smallest absolute Gasteiger partial charge is 0.291 e. The third kappa shape index (κ3) is 4.26. The quantitative estimate of drug-likeness (QED) is 0.303. The van der Waals surface area contributed by atoms with Gasteiger partial charge in [-0.05, 0) is 36.2 Å². The number of fused-ring (bicyclic) bond motifs is 1. The summed E-state index contributed by atoms with van der Waals surface area (Å²) in [7, 11) is 0. The number of hydrogen-bond donors (Lipinski definition) is 0. The molecule has 176 valence electrons. The van der Waals surface area contributed by atoms with E-state index >= 15 is 0 Å². The van der Waals surface area contributed by atoms with Gasteiger partial charge in [0, 0.05) is 31.6 Å². The number of carbonyl (C=O) groups is 3. The van der Waals surface area contributed by atoms with Gasteiger partial charge >= 0.3 is 0 Å². The minimum Gasteiger partial charge on any atom is -0.453 e. The van der Waals surface area contributed by atoms with Gasteiger partial charge in [-0.1, -0.05) is 30.3 Å². The van der Waals surface area contributed by atoms with Crippen molar-refractivity contribution in [2.75, 3.05) is 39.4 Å². The highest BCUT2D eigenvalue weighted by Gasteiger charge is 2.52. The van der Waals surface area contributed by atoms with Gasteiger partial charge in [0.05, 0.1) is 19.3 Å². The average molecular weight is 464 g/mol. The number of benzene rings is 2. The number of Topliss-reactive ketones (excluding diaryl/α,β-unsaturated/α-hetero) is 2. The van der Waals surface area contributed by atoms with Gasteiger partial charge in [-0.25, -0.2) is 4.39 Å². The van der Waals surface area contributed by atoms with E-state index in [1.807, 2.05) is 12.1 Å². The first-order chi connectivity index (χ1) is 16.5. The molecular formula is C26H25FN2O5. The molecule has 8 heteroatoms. The van der Waals surface area contributed by atoms with Crippen LogP contribution in [0.3, 0.4) is 0 Å². The average Bonchev–Trinajstić information content (AvgIpc) is 3.40. The standard InChI is InChI=1S/C26H25FN2O5/c27-19-8-6-17(7-9-19)23-22(24(30)21-16-18-4-1-2-5-20(18)34-21)25(31)26(32)29(23)11-3-10-28-12-14-33-15-13-28/h1-2,4-9,16,22-23H,3,10-15H2. The fourth-order valence-corrected chi connectivity index (χ4v) is 4.81. The van der Waals surface area contributed by atoms with Gasteiger partial charge in [-0.3, -0.25) is 19.3 Å². The van der Waals surface area contributed by atoms with Crippen LogP contribution >= 0.6 is 0 Å². The van der Waals surface area contributed by atoms with Crippen molar-refractivity contribution in [3.8, 4) is 0 Å². The van der Waals surface area contributed by atoms with Gasteiger partial charge in [0.1, 0.15) is 17.3 Å². The number of amides is 1. The summed E-state index contributed by atoms with van der Waals surface area (Å²) in [4.78, 5) is 43.4. The molecule has 2 aliphatic heterocycles. The lowest BCUT2D eigenvalue weighted by atomic mass is 9.88. The summed E-state index contributed by atoms with van der Waals surface area (Å²) in [6.45, 7) is 4.05. The third-order valence-corrected chi connectivity index (χ3v) is 6.55. The van der Waals surface area contributed by atoms with Crippen molar-refractivity contribution < 1.29 is 27.9 Å². The Kier molecular flexibility index (Phi) is 6.26. The second-order valence-corrected chi connectivity index (χ2v) is 8.66. The van der Waals surface area contributed by atoms with E-state index in [2.05, 4.69) is 4.90 Å². The Labute approximate surface area is 196 Å². The number of furan rings is 1. The van der Waals surface area contributed by atoms with Crippen LogP contribution in [0.25, 0.3) is 11.0 Å². The molecule has 2 aliphatic rings. The van der Waals surface area contributed by atoms with Crippen molar-refractivity contribution in [3.63, 3.8) is 0 Å². The highest BCUT2D eigenvalue weighted by molar-refractivity contribution is 6.43. The Bertz CT molecular complexity index is 1180. The van der Waals surface area contributed by atoms with Crippen LogP contribution in [0.5, 0.6) is 0 Å². The van der Waals surface area contributed by atoms with Crippen LogP contribution in [0, 0.1) is 11.7 Å². The second kappa shape index (κ2) is 9.48. The first-order valence-electron chi connectivity index (χ1n) is 11.5. The number of ketones is 2. The van der Waals surface area contributed by atoms with E-state index in [-0.39, 0.29) is 5.76 Å². The second-order valence-electron chi connectivity index (χ2n) is 8.66. The van der Waals surface area contributed by atoms with Crippen molar-refractivity contribution in [1.82, 2.24) is 9.80 Å². The molecule has 3 aromatic rings. The Balaban J connectivity index is 1.43. The van der Waals surface area contributed by atoms with Gasteiger partial charge in [0.2, 0.25) is 11.6 Å². The zero-order chi connectivity index (χ0) is 23.7. The molecular weight excluding hydrogens is 439 g/mol. The van der Waals surface area contributed by atoms with E-state index in [4.69, 9.17) is 9.15 Å². The Morgan fingerprint density at radius 3 is 2.47 bits per heavy atom. The summed E-state index contributed by atoms with van der Waals surface area (Å²) in [5.74, 6) is -3.63. The van der Waals surface area contributed by atoms with E-state index in [0.29, 0.717) is 37.3 Å². The Hall–Kier alpha value is -3.36. The first kappa shape index (κ1) is 22.4. The summed E-state index contributed by atoms with van der Waals surface area (Å²) in [6.07, 6.45) is 0.641. The summed E-state index contributed by atoms with van der Waals surface area (Å²) < 4.78 is 24.7. The largest absolute Gasteiger partial charge is 0.453 e. The molecule has 2 aromatic carbocycles. The van der Waals surface area contributed by atoms with Crippen molar-refractivity contribution in [3.05, 3.63) is 71.7 Å². The number of para-hydroxylation sites is 1. The monoisotopic (exact) mass is 464 g/mol. The topological polar surface area (TPSA) is 80.1 Å². The summed E-state index contributed by atoms with van der Waals surface area (Å²) in [6, 6.07) is 13.6. The highest BCUT2D eigenvalue weighted by Crippen LogP contribution is 2.39. The maximum Gasteiger partial charge on any atom is 0.291 e. The van der Waals surface area contributed by atoms with Crippen LogP contribution in [-0.2, 0) is 14.3 Å². The van der Waals surface area contributed by atoms with Gasteiger partial charge in [0.15, 0.2) is 5.76 Å². The molecule has 3 heterocycles. The van der Waals surface area contributed by atoms with Gasteiger partial charge in [-0.15, -0.1) is 0 Å². The Morgan fingerprint density at radius 1 is 1.00 bits per heavy atom. The van der Waals surface area contributed by atoms with E-state index in [0.717, 1.165) is 25.0 Å². The number of rotatable bonds is 7. The van der Waals surface area contributed by atoms with Crippen molar-refractivity contribution in [2.45, 2.75) is 12.5 Å². The minimum absolute atomic E-state index is 0.0367. The van der Waals surface area contributed by atoms with Crippen LogP contribution in [0.2, 0.25) is 0 Å². The SMILES string of the molecule is O=C1C(=O)N(CCCN2CCOCC2)C(c2ccc(F)cc2)C1C(=O)c1cc2ccccc2o1. The van der Waals surface area contributed by atoms with Crippen LogP contribution in [0.15, 0.2) is 59.0 Å². The number of morpholine rings is 1. The van der Waals surface area contributed by atoms with Crippen LogP contribution in [-0.4, -0.2) is 66.7 Å². The molecule has 0 aliphatic carbocycles. The lowest BCUT2D eigenvalue weighted by molar-refractivity contribution is -0.140. The highest BCUT2D eigenvalue weighted by atomic mass is 19.1. The molecule has 0 saturated carbocycles. The predicted molar refractivity (Wildman–Crippen MR) is 122 cm³/mol. The minimum atomic E-state index is -1.25. The normalized spacial score (nSPS) is 21.5. The molecule has 1 aromatic heterocycles. The number of hydrogen-bond acceptors (Lipinski definition) is 6. The van der Waals surface area contributed by atoms with Crippen molar-refractivity contribution in [2.24, 2.45) is 5.92 Å². The van der Waals surface area contributed by atoms with E-state index in [1.165, 1.54) is 29.2 Å². The van der Waals surface area contributed by atoms with E-state index < -0.39 is 35.3 Å². The molecule has 2 fully saturated rings. The fourth-order valence-electron chi connectivity index (χ4n) is 4.81. The molecule has 1 amide bonds. The fraction of sp³-hybridized carbons (Fsp3) is 0.346. The molecule has 5 rings (SSSR count). The zero-order valence-electron chi connectivity index (χ0n) is 18.6. The molecule has 0 spiro atoms. The summed E-state index contributed by atoms with van der Waals surface area (Å²) in [5.41, 5.74) is 1.07. The lowest BCUT2D eigenvalue weighted by Crippen LogP contribution is -2.39. The molecule has 0 radical (unpaired) electrons. The number of likely N-dealkylation sites (tertiary alicyclic amines) is 1. The number of carbonyl (C=O) groups excluding carboxylic acids is 3. The van der Waals surface area contributed by atoms with Gasteiger partial charge < -0.3 is 14.1 Å².